The molecule has 0 heterocycles. The molecule has 3 amide bonds. The Labute approximate surface area is 224 Å². The molecule has 5 atom stereocenters. The fourth-order valence-corrected chi connectivity index (χ4v) is 3.70. The van der Waals surface area contributed by atoms with Crippen LogP contribution in [0.4, 0.5) is 0 Å². The minimum atomic E-state index is -1.15. The Morgan fingerprint density at radius 1 is 0.921 bits per heavy atom. The van der Waals surface area contributed by atoms with Gasteiger partial charge in [-0.3, -0.25) is 19.4 Å². The highest BCUT2D eigenvalue weighted by atomic mass is 16.4. The van der Waals surface area contributed by atoms with Crippen molar-refractivity contribution < 1.29 is 24.3 Å². The average Bonchev–Trinajstić information content (AvgIpc) is 2.86. The normalized spacial score (nSPS) is 14.9. The van der Waals surface area contributed by atoms with Crippen molar-refractivity contribution in [3.8, 4) is 0 Å². The van der Waals surface area contributed by atoms with Crippen LogP contribution >= 0.6 is 0 Å². The second kappa shape index (κ2) is 16.2. The van der Waals surface area contributed by atoms with E-state index in [1.54, 1.807) is 45.0 Å². The van der Waals surface area contributed by atoms with Crippen LogP contribution in [0, 0.1) is 11.8 Å². The number of benzene rings is 1. The summed E-state index contributed by atoms with van der Waals surface area (Å²) in [7, 11) is 0. The van der Waals surface area contributed by atoms with E-state index < -0.39 is 47.9 Å². The maximum atomic E-state index is 13.3. The molecule has 1 aromatic rings. The maximum Gasteiger partial charge on any atom is 0.326 e. The lowest BCUT2D eigenvalue weighted by Crippen LogP contribution is -2.59. The molecular weight excluding hydrogens is 490 g/mol. The average molecular weight is 534 g/mol. The van der Waals surface area contributed by atoms with E-state index in [-0.39, 0.29) is 24.2 Å². The van der Waals surface area contributed by atoms with Crippen molar-refractivity contribution in [3.63, 3.8) is 0 Å². The number of carboxylic acids is 1. The number of nitrogens with two attached hydrogens (primary N) is 3. The molecule has 0 aliphatic heterocycles. The summed E-state index contributed by atoms with van der Waals surface area (Å²) in [6.07, 6.45) is 1.46. The molecule has 12 nitrogen and oxygen atoms in total. The Hall–Kier alpha value is -3.67. The van der Waals surface area contributed by atoms with Gasteiger partial charge in [0.1, 0.15) is 18.1 Å². The molecule has 1 rings (SSSR count). The highest BCUT2D eigenvalue weighted by Gasteiger charge is 2.33. The first-order valence-electron chi connectivity index (χ1n) is 12.9. The number of carbonyl (C=O) groups excluding carboxylic acids is 3. The fourth-order valence-electron chi connectivity index (χ4n) is 3.70. The van der Waals surface area contributed by atoms with Gasteiger partial charge in [-0.05, 0) is 30.2 Å². The molecule has 12 heteroatoms. The highest BCUT2D eigenvalue weighted by molar-refractivity contribution is 5.94. The quantitative estimate of drug-likeness (QED) is 0.0859. The van der Waals surface area contributed by atoms with Crippen molar-refractivity contribution in [3.05, 3.63) is 35.9 Å². The molecular formula is C26H43N7O5. The zero-order chi connectivity index (χ0) is 28.8. The van der Waals surface area contributed by atoms with Crippen LogP contribution in [0.2, 0.25) is 0 Å². The number of carboxylic acid groups (broad SMARTS) is 1. The number of aliphatic carboxylic acids is 1. The van der Waals surface area contributed by atoms with Crippen molar-refractivity contribution in [2.24, 2.45) is 34.0 Å². The second-order valence-corrected chi connectivity index (χ2v) is 9.75. The second-order valence-electron chi connectivity index (χ2n) is 9.75. The summed E-state index contributed by atoms with van der Waals surface area (Å²) >= 11 is 0. The number of nitrogens with zero attached hydrogens (tertiary/aromatic N) is 1. The van der Waals surface area contributed by atoms with Gasteiger partial charge in [-0.2, -0.15) is 0 Å². The molecule has 5 unspecified atom stereocenters. The van der Waals surface area contributed by atoms with Crippen molar-refractivity contribution in [1.82, 2.24) is 16.0 Å². The van der Waals surface area contributed by atoms with Gasteiger partial charge in [-0.1, -0.05) is 64.4 Å². The van der Waals surface area contributed by atoms with Crippen molar-refractivity contribution in [2.75, 3.05) is 6.54 Å². The van der Waals surface area contributed by atoms with Crippen LogP contribution in [0.5, 0.6) is 0 Å². The zero-order valence-electron chi connectivity index (χ0n) is 22.6. The first-order valence-corrected chi connectivity index (χ1v) is 12.9. The molecule has 212 valence electrons. The molecule has 10 N–H and O–H groups in total. The standard InChI is InChI=1S/C26H43N7O5/c1-5-16(4)21(25(37)38)33-23(35)19(14-17-10-7-6-8-11-17)31-24(36)20(15(2)3)32-22(34)18(27)12-9-13-30-26(28)29/h6-8,10-11,15-16,18-21H,5,9,12-14,27H2,1-4H3,(H,31,36)(H,32,34)(H,33,35)(H,37,38)(H4,28,29,30). The Morgan fingerprint density at radius 2 is 1.53 bits per heavy atom. The summed E-state index contributed by atoms with van der Waals surface area (Å²) in [4.78, 5) is 54.8. The van der Waals surface area contributed by atoms with Crippen LogP contribution in [-0.2, 0) is 25.6 Å². The monoisotopic (exact) mass is 533 g/mol. The SMILES string of the molecule is CCC(C)C(NC(=O)C(Cc1ccccc1)NC(=O)C(NC(=O)C(N)CCCN=C(N)N)C(C)C)C(=O)O. The van der Waals surface area contributed by atoms with Gasteiger partial charge in [0.25, 0.3) is 0 Å². The molecule has 0 spiro atoms. The van der Waals surface area contributed by atoms with Crippen molar-refractivity contribution in [1.29, 1.82) is 0 Å². The van der Waals surface area contributed by atoms with Gasteiger partial charge >= 0.3 is 5.97 Å². The largest absolute Gasteiger partial charge is 0.480 e. The number of aliphatic imine (C=N–C) groups is 1. The van der Waals surface area contributed by atoms with E-state index in [0.717, 1.165) is 5.56 Å². The van der Waals surface area contributed by atoms with Gasteiger partial charge < -0.3 is 38.3 Å². The van der Waals surface area contributed by atoms with Crippen LogP contribution < -0.4 is 33.2 Å². The van der Waals surface area contributed by atoms with Crippen LogP contribution in [0.1, 0.15) is 52.5 Å². The lowest BCUT2D eigenvalue weighted by Gasteiger charge is -2.28. The number of carbonyl (C=O) groups is 4. The van der Waals surface area contributed by atoms with Gasteiger partial charge in [0.2, 0.25) is 17.7 Å². The van der Waals surface area contributed by atoms with Crippen molar-refractivity contribution in [2.45, 2.75) is 77.5 Å². The summed E-state index contributed by atoms with van der Waals surface area (Å²) in [5.74, 6) is -3.56. The Balaban J connectivity index is 3.02. The van der Waals surface area contributed by atoms with E-state index in [2.05, 4.69) is 20.9 Å². The van der Waals surface area contributed by atoms with E-state index in [1.165, 1.54) is 0 Å². The number of hydrogen-bond acceptors (Lipinski definition) is 6. The van der Waals surface area contributed by atoms with Gasteiger partial charge in [-0.25, -0.2) is 4.79 Å². The summed E-state index contributed by atoms with van der Waals surface area (Å²) in [6, 6.07) is 5.01. The van der Waals surface area contributed by atoms with Gasteiger partial charge in [0, 0.05) is 13.0 Å². The van der Waals surface area contributed by atoms with Gasteiger partial charge in [-0.15, -0.1) is 0 Å². The molecule has 0 saturated carbocycles. The van der Waals surface area contributed by atoms with Crippen LogP contribution in [0.15, 0.2) is 35.3 Å². The summed E-state index contributed by atoms with van der Waals surface area (Å²) in [5.41, 5.74) is 17.3. The Kier molecular flexibility index (Phi) is 13.8. The summed E-state index contributed by atoms with van der Waals surface area (Å²) in [6.45, 7) is 7.39. The summed E-state index contributed by atoms with van der Waals surface area (Å²) in [5, 5.41) is 17.6. The lowest BCUT2D eigenvalue weighted by molar-refractivity contribution is -0.143. The predicted octanol–water partition coefficient (Wildman–Crippen LogP) is -0.149. The van der Waals surface area contributed by atoms with Crippen LogP contribution in [0.3, 0.4) is 0 Å². The molecule has 0 aliphatic carbocycles. The first-order chi connectivity index (χ1) is 17.9. The highest BCUT2D eigenvalue weighted by Crippen LogP contribution is 2.11. The molecule has 0 aliphatic rings. The topological polar surface area (TPSA) is 215 Å². The van der Waals surface area contributed by atoms with Gasteiger partial charge in [0.15, 0.2) is 5.96 Å². The molecule has 0 fully saturated rings. The predicted molar refractivity (Wildman–Crippen MR) is 146 cm³/mol. The molecule has 0 bridgehead atoms. The van der Waals surface area contributed by atoms with Crippen LogP contribution in [0.25, 0.3) is 0 Å². The Morgan fingerprint density at radius 3 is 2.05 bits per heavy atom. The first kappa shape index (κ1) is 32.4. The number of hydrogen-bond donors (Lipinski definition) is 7. The van der Waals surface area contributed by atoms with E-state index in [1.807, 2.05) is 13.0 Å². The van der Waals surface area contributed by atoms with E-state index in [4.69, 9.17) is 17.2 Å². The number of guanidine groups is 1. The van der Waals surface area contributed by atoms with E-state index >= 15 is 0 Å². The minimum absolute atomic E-state index is 0.0486. The van der Waals surface area contributed by atoms with E-state index in [0.29, 0.717) is 25.8 Å². The van der Waals surface area contributed by atoms with Gasteiger partial charge in [0.05, 0.1) is 6.04 Å². The number of amides is 3. The molecule has 1 aromatic carbocycles. The zero-order valence-corrected chi connectivity index (χ0v) is 22.6. The summed E-state index contributed by atoms with van der Waals surface area (Å²) < 4.78 is 0. The number of rotatable bonds is 16. The third kappa shape index (κ3) is 11.2. The Bertz CT molecular complexity index is 951. The van der Waals surface area contributed by atoms with E-state index in [9.17, 15) is 24.3 Å². The lowest BCUT2D eigenvalue weighted by atomic mass is 9.97. The number of nitrogens with one attached hydrogen (secondary N) is 3. The molecule has 0 saturated heterocycles. The maximum absolute atomic E-state index is 13.3. The smallest absolute Gasteiger partial charge is 0.326 e. The van der Waals surface area contributed by atoms with Crippen molar-refractivity contribution >= 4 is 29.7 Å². The fraction of sp³-hybridized carbons (Fsp3) is 0.577. The van der Waals surface area contributed by atoms with Crippen LogP contribution in [-0.4, -0.2) is 65.5 Å². The third-order valence-corrected chi connectivity index (χ3v) is 6.24. The third-order valence-electron chi connectivity index (χ3n) is 6.24. The molecule has 0 radical (unpaired) electrons. The molecule has 38 heavy (non-hydrogen) atoms. The minimum Gasteiger partial charge on any atom is -0.480 e. The molecule has 0 aromatic heterocycles.